The third-order valence-electron chi connectivity index (χ3n) is 1.39. The maximum Gasteiger partial charge on any atom is 0.0681 e. The van der Waals surface area contributed by atoms with Gasteiger partial charge < -0.3 is 14.9 Å². The first-order valence-electron chi connectivity index (χ1n) is 3.98. The van der Waals surface area contributed by atoms with Crippen molar-refractivity contribution in [2.45, 2.75) is 13.2 Å². The third kappa shape index (κ3) is 5.36. The molecule has 74 valence electrons. The lowest BCUT2D eigenvalue weighted by molar-refractivity contribution is 0.277. The van der Waals surface area contributed by atoms with E-state index in [-0.39, 0.29) is 13.2 Å². The Labute approximate surface area is 78.6 Å². The van der Waals surface area contributed by atoms with E-state index in [1.165, 1.54) is 0 Å². The van der Waals surface area contributed by atoms with Crippen LogP contribution in [0, 0.1) is 0 Å². The highest BCUT2D eigenvalue weighted by molar-refractivity contribution is 5.21. The molecule has 0 atom stereocenters. The molecule has 0 radical (unpaired) electrons. The molecule has 0 spiro atoms. The van der Waals surface area contributed by atoms with Crippen LogP contribution in [0.4, 0.5) is 0 Å². The summed E-state index contributed by atoms with van der Waals surface area (Å²) in [7, 11) is 3.25. The largest absolute Gasteiger partial charge is 0.392 e. The van der Waals surface area contributed by atoms with E-state index >= 15 is 0 Å². The maximum absolute atomic E-state index is 8.64. The predicted octanol–water partition coefficient (Wildman–Crippen LogP) is 0.934. The smallest absolute Gasteiger partial charge is 0.0681 e. The summed E-state index contributed by atoms with van der Waals surface area (Å²) in [5, 5.41) is 17.3. The molecular weight excluding hydrogens is 168 g/mol. The van der Waals surface area contributed by atoms with Crippen molar-refractivity contribution >= 4 is 0 Å². The summed E-state index contributed by atoms with van der Waals surface area (Å²) < 4.78 is 4.25. The van der Waals surface area contributed by atoms with E-state index in [1.807, 2.05) is 0 Å². The fraction of sp³-hybridized carbons (Fsp3) is 0.400. The van der Waals surface area contributed by atoms with Gasteiger partial charge in [-0.15, -0.1) is 0 Å². The van der Waals surface area contributed by atoms with Crippen LogP contribution in [0.2, 0.25) is 0 Å². The molecule has 3 heteroatoms. The molecule has 0 aliphatic heterocycles. The Hall–Kier alpha value is -0.900. The minimum Gasteiger partial charge on any atom is -0.392 e. The van der Waals surface area contributed by atoms with Crippen LogP contribution in [0.3, 0.4) is 0 Å². The zero-order valence-electron chi connectivity index (χ0n) is 8.03. The van der Waals surface area contributed by atoms with Crippen molar-refractivity contribution < 1.29 is 14.9 Å². The van der Waals surface area contributed by atoms with Gasteiger partial charge in [0.1, 0.15) is 0 Å². The lowest BCUT2D eigenvalue weighted by Crippen LogP contribution is -1.85. The Morgan fingerprint density at radius 1 is 0.923 bits per heavy atom. The van der Waals surface area contributed by atoms with Crippen molar-refractivity contribution in [2.75, 3.05) is 14.2 Å². The topological polar surface area (TPSA) is 49.7 Å². The van der Waals surface area contributed by atoms with E-state index in [4.69, 9.17) is 10.2 Å². The third-order valence-corrected chi connectivity index (χ3v) is 1.39. The second-order valence-corrected chi connectivity index (χ2v) is 2.54. The Morgan fingerprint density at radius 3 is 1.31 bits per heavy atom. The fourth-order valence-electron chi connectivity index (χ4n) is 0.750. The molecule has 0 aliphatic carbocycles. The van der Waals surface area contributed by atoms with E-state index < -0.39 is 0 Å². The number of hydrogen-bond donors (Lipinski definition) is 2. The number of rotatable bonds is 2. The molecule has 1 aromatic carbocycles. The van der Waals surface area contributed by atoms with Crippen molar-refractivity contribution in [1.82, 2.24) is 0 Å². The quantitative estimate of drug-likeness (QED) is 0.719. The van der Waals surface area contributed by atoms with Crippen LogP contribution in [-0.4, -0.2) is 24.4 Å². The van der Waals surface area contributed by atoms with Crippen molar-refractivity contribution in [2.24, 2.45) is 0 Å². The summed E-state index contributed by atoms with van der Waals surface area (Å²) in [6.45, 7) is 0.122. The van der Waals surface area contributed by atoms with Gasteiger partial charge in [0, 0.05) is 14.2 Å². The lowest BCUT2D eigenvalue weighted by atomic mass is 10.1. The molecule has 0 bridgehead atoms. The first kappa shape index (κ1) is 12.1. The van der Waals surface area contributed by atoms with Gasteiger partial charge in [0.15, 0.2) is 0 Å². The van der Waals surface area contributed by atoms with Gasteiger partial charge in [0.2, 0.25) is 0 Å². The molecule has 0 amide bonds. The second-order valence-electron chi connectivity index (χ2n) is 2.54. The molecule has 0 aromatic heterocycles. The number of hydrogen-bond acceptors (Lipinski definition) is 3. The first-order chi connectivity index (χ1) is 6.28. The standard InChI is InChI=1S/C8H10O2.C2H6O/c9-5-7-1-2-8(6-10)4-3-7;1-3-2/h1-4,9-10H,5-6H2;1-2H3. The van der Waals surface area contributed by atoms with Gasteiger partial charge in [0.05, 0.1) is 13.2 Å². The summed E-state index contributed by atoms with van der Waals surface area (Å²) >= 11 is 0. The first-order valence-corrected chi connectivity index (χ1v) is 3.98. The normalized spacial score (nSPS) is 8.92. The summed E-state index contributed by atoms with van der Waals surface area (Å²) in [5.74, 6) is 0. The van der Waals surface area contributed by atoms with E-state index in [1.54, 1.807) is 38.5 Å². The highest BCUT2D eigenvalue weighted by Crippen LogP contribution is 2.03. The van der Waals surface area contributed by atoms with E-state index in [2.05, 4.69) is 4.74 Å². The SMILES string of the molecule is COC.OCc1ccc(CO)cc1. The van der Waals surface area contributed by atoms with Crippen LogP contribution in [0.5, 0.6) is 0 Å². The molecule has 3 nitrogen and oxygen atoms in total. The number of aliphatic hydroxyl groups is 2. The number of benzene rings is 1. The number of aliphatic hydroxyl groups excluding tert-OH is 2. The van der Waals surface area contributed by atoms with Gasteiger partial charge in [-0.25, -0.2) is 0 Å². The highest BCUT2D eigenvalue weighted by atomic mass is 16.4. The Bertz CT molecular complexity index is 183. The van der Waals surface area contributed by atoms with Crippen molar-refractivity contribution in [1.29, 1.82) is 0 Å². The molecule has 0 heterocycles. The molecule has 0 unspecified atom stereocenters. The van der Waals surface area contributed by atoms with Crippen LogP contribution in [0.1, 0.15) is 11.1 Å². The maximum atomic E-state index is 8.64. The summed E-state index contributed by atoms with van der Waals surface area (Å²) in [6, 6.07) is 7.19. The van der Waals surface area contributed by atoms with Crippen molar-refractivity contribution in [3.8, 4) is 0 Å². The molecule has 1 rings (SSSR count). The molecule has 1 aromatic rings. The molecule has 0 saturated heterocycles. The summed E-state index contributed by atoms with van der Waals surface area (Å²) in [6.07, 6.45) is 0. The molecular formula is C10H16O3. The number of methoxy groups -OCH3 is 1. The van der Waals surface area contributed by atoms with Gasteiger partial charge in [-0.1, -0.05) is 24.3 Å². The van der Waals surface area contributed by atoms with Crippen LogP contribution in [0.15, 0.2) is 24.3 Å². The number of ether oxygens (including phenoxy) is 1. The molecule has 13 heavy (non-hydrogen) atoms. The fourth-order valence-corrected chi connectivity index (χ4v) is 0.750. The van der Waals surface area contributed by atoms with Gasteiger partial charge in [0.25, 0.3) is 0 Å². The van der Waals surface area contributed by atoms with E-state index in [0.717, 1.165) is 11.1 Å². The van der Waals surface area contributed by atoms with E-state index in [9.17, 15) is 0 Å². The monoisotopic (exact) mass is 184 g/mol. The molecule has 2 N–H and O–H groups in total. The summed E-state index contributed by atoms with van der Waals surface area (Å²) in [5.41, 5.74) is 1.74. The molecule has 0 saturated carbocycles. The van der Waals surface area contributed by atoms with Crippen LogP contribution in [0.25, 0.3) is 0 Å². The average molecular weight is 184 g/mol. The van der Waals surface area contributed by atoms with Crippen molar-refractivity contribution in [3.05, 3.63) is 35.4 Å². The molecule has 0 fully saturated rings. The van der Waals surface area contributed by atoms with Gasteiger partial charge in [-0.3, -0.25) is 0 Å². The molecule has 0 aliphatic rings. The Morgan fingerprint density at radius 2 is 1.15 bits per heavy atom. The van der Waals surface area contributed by atoms with Gasteiger partial charge in [-0.05, 0) is 11.1 Å². The zero-order chi connectivity index (χ0) is 10.1. The van der Waals surface area contributed by atoms with Crippen molar-refractivity contribution in [3.63, 3.8) is 0 Å². The minimum atomic E-state index is 0.0612. The highest BCUT2D eigenvalue weighted by Gasteiger charge is 1.89. The van der Waals surface area contributed by atoms with Crippen LogP contribution >= 0.6 is 0 Å². The second kappa shape index (κ2) is 7.73. The van der Waals surface area contributed by atoms with Crippen LogP contribution in [-0.2, 0) is 18.0 Å². The zero-order valence-corrected chi connectivity index (χ0v) is 8.03. The average Bonchev–Trinajstić information content (AvgIpc) is 2.19. The summed E-state index contributed by atoms with van der Waals surface area (Å²) in [4.78, 5) is 0. The van der Waals surface area contributed by atoms with E-state index in [0.29, 0.717) is 0 Å². The van der Waals surface area contributed by atoms with Gasteiger partial charge in [-0.2, -0.15) is 0 Å². The lowest BCUT2D eigenvalue weighted by Gasteiger charge is -1.96. The minimum absolute atomic E-state index is 0.0612. The van der Waals surface area contributed by atoms with Gasteiger partial charge >= 0.3 is 0 Å². The predicted molar refractivity (Wildman–Crippen MR) is 51.2 cm³/mol. The van der Waals surface area contributed by atoms with Crippen LogP contribution < -0.4 is 0 Å². The Balaban J connectivity index is 0.000000424. The Kier molecular flexibility index (Phi) is 7.20.